The minimum Gasteiger partial charge on any atom is -0.384 e. The van der Waals surface area contributed by atoms with Gasteiger partial charge in [0.2, 0.25) is 5.91 Å². The smallest absolute Gasteiger partial charge is 0.224 e. The number of fused-ring (bicyclic) bond motifs is 1. The van der Waals surface area contributed by atoms with E-state index in [0.717, 1.165) is 42.6 Å². The van der Waals surface area contributed by atoms with Gasteiger partial charge in [-0.25, -0.2) is 0 Å². The summed E-state index contributed by atoms with van der Waals surface area (Å²) in [7, 11) is 0. The molecule has 3 rings (SSSR count). The van der Waals surface area contributed by atoms with Crippen LogP contribution in [-0.2, 0) is 16.8 Å². The monoisotopic (exact) mass is 260 g/mol. The Morgan fingerprint density at radius 3 is 2.95 bits per heavy atom. The minimum atomic E-state index is -0.854. The number of carbonyl (C=O) groups is 1. The fraction of sp³-hybridized carbons (Fsp3) is 0.533. The third kappa shape index (κ3) is 2.26. The summed E-state index contributed by atoms with van der Waals surface area (Å²) in [4.78, 5) is 11.3. The summed E-state index contributed by atoms with van der Waals surface area (Å²) < 4.78 is 0. The van der Waals surface area contributed by atoms with Gasteiger partial charge in [0.05, 0.1) is 0 Å². The van der Waals surface area contributed by atoms with Crippen molar-refractivity contribution in [3.8, 4) is 0 Å². The SMILES string of the molecule is CC(O)(c1ccc2c(c1)CCC(=O)N2)C1CCCN1. The van der Waals surface area contributed by atoms with E-state index < -0.39 is 5.60 Å². The van der Waals surface area contributed by atoms with Crippen LogP contribution in [0.4, 0.5) is 5.69 Å². The highest BCUT2D eigenvalue weighted by atomic mass is 16.3. The fourth-order valence-electron chi connectivity index (χ4n) is 3.06. The Morgan fingerprint density at radius 2 is 2.21 bits per heavy atom. The number of aryl methyl sites for hydroxylation is 1. The number of hydrogen-bond donors (Lipinski definition) is 3. The zero-order valence-electron chi connectivity index (χ0n) is 11.2. The number of nitrogens with one attached hydrogen (secondary N) is 2. The lowest BCUT2D eigenvalue weighted by atomic mass is 9.85. The molecule has 3 N–H and O–H groups in total. The summed E-state index contributed by atoms with van der Waals surface area (Å²) in [6.45, 7) is 2.85. The predicted octanol–water partition coefficient (Wildman–Crippen LogP) is 1.53. The Bertz CT molecular complexity index is 505. The lowest BCUT2D eigenvalue weighted by molar-refractivity contribution is -0.116. The molecule has 1 saturated heterocycles. The van der Waals surface area contributed by atoms with Crippen LogP contribution in [0.25, 0.3) is 0 Å². The number of hydrogen-bond acceptors (Lipinski definition) is 3. The number of anilines is 1. The van der Waals surface area contributed by atoms with Gasteiger partial charge in [0.1, 0.15) is 5.60 Å². The second kappa shape index (κ2) is 4.62. The van der Waals surface area contributed by atoms with Crippen LogP contribution in [0.1, 0.15) is 37.3 Å². The average molecular weight is 260 g/mol. The van der Waals surface area contributed by atoms with Crippen LogP contribution in [0.2, 0.25) is 0 Å². The molecule has 0 bridgehead atoms. The molecule has 102 valence electrons. The average Bonchev–Trinajstić information content (AvgIpc) is 2.92. The molecule has 0 saturated carbocycles. The van der Waals surface area contributed by atoms with Crippen molar-refractivity contribution in [2.45, 2.75) is 44.2 Å². The van der Waals surface area contributed by atoms with E-state index in [1.807, 2.05) is 25.1 Å². The Balaban J connectivity index is 1.91. The zero-order chi connectivity index (χ0) is 13.5. The highest BCUT2D eigenvalue weighted by Gasteiger charge is 2.35. The summed E-state index contributed by atoms with van der Waals surface area (Å²) in [6.07, 6.45) is 3.39. The summed E-state index contributed by atoms with van der Waals surface area (Å²) >= 11 is 0. The van der Waals surface area contributed by atoms with Gasteiger partial charge in [-0.1, -0.05) is 12.1 Å². The molecule has 4 heteroatoms. The molecule has 1 fully saturated rings. The lowest BCUT2D eigenvalue weighted by Gasteiger charge is -2.32. The first-order valence-corrected chi connectivity index (χ1v) is 6.96. The summed E-state index contributed by atoms with van der Waals surface area (Å²) in [5.41, 5.74) is 2.08. The maximum atomic E-state index is 11.3. The van der Waals surface area contributed by atoms with E-state index in [4.69, 9.17) is 0 Å². The fourth-order valence-corrected chi connectivity index (χ4v) is 3.06. The standard InChI is InChI=1S/C15H20N2O2/c1-15(19,13-3-2-8-16-13)11-5-6-12-10(9-11)4-7-14(18)17-12/h5-6,9,13,16,19H,2-4,7-8H2,1H3,(H,17,18). The number of aliphatic hydroxyl groups is 1. The van der Waals surface area contributed by atoms with E-state index >= 15 is 0 Å². The van der Waals surface area contributed by atoms with Crippen LogP contribution >= 0.6 is 0 Å². The lowest BCUT2D eigenvalue weighted by Crippen LogP contribution is -2.43. The van der Waals surface area contributed by atoms with Gasteiger partial charge in [-0.15, -0.1) is 0 Å². The molecule has 2 aliphatic rings. The highest BCUT2D eigenvalue weighted by molar-refractivity contribution is 5.93. The van der Waals surface area contributed by atoms with Crippen molar-refractivity contribution in [1.82, 2.24) is 5.32 Å². The van der Waals surface area contributed by atoms with Crippen molar-refractivity contribution >= 4 is 11.6 Å². The first-order chi connectivity index (χ1) is 9.07. The molecule has 0 aromatic heterocycles. The van der Waals surface area contributed by atoms with Crippen LogP contribution in [0, 0.1) is 0 Å². The normalized spacial score (nSPS) is 25.6. The second-order valence-electron chi connectivity index (χ2n) is 5.72. The van der Waals surface area contributed by atoms with Gasteiger partial charge in [-0.3, -0.25) is 4.79 Å². The molecule has 19 heavy (non-hydrogen) atoms. The minimum absolute atomic E-state index is 0.0736. The Hall–Kier alpha value is -1.39. The van der Waals surface area contributed by atoms with E-state index in [-0.39, 0.29) is 11.9 Å². The van der Waals surface area contributed by atoms with E-state index in [1.165, 1.54) is 0 Å². The number of amides is 1. The first-order valence-electron chi connectivity index (χ1n) is 6.96. The van der Waals surface area contributed by atoms with Gasteiger partial charge >= 0.3 is 0 Å². The van der Waals surface area contributed by atoms with E-state index in [9.17, 15) is 9.90 Å². The van der Waals surface area contributed by atoms with E-state index in [0.29, 0.717) is 6.42 Å². The molecule has 2 unspecified atom stereocenters. The van der Waals surface area contributed by atoms with Crippen molar-refractivity contribution in [3.05, 3.63) is 29.3 Å². The summed E-state index contributed by atoms with van der Waals surface area (Å²) in [5.74, 6) is 0.0736. The third-order valence-corrected chi connectivity index (χ3v) is 4.32. The molecule has 1 aromatic rings. The van der Waals surface area contributed by atoms with Crippen LogP contribution in [0.5, 0.6) is 0 Å². The van der Waals surface area contributed by atoms with Crippen LogP contribution in [0.15, 0.2) is 18.2 Å². The molecule has 2 aliphatic heterocycles. The number of rotatable bonds is 2. The molecule has 0 radical (unpaired) electrons. The van der Waals surface area contributed by atoms with Crippen LogP contribution in [0.3, 0.4) is 0 Å². The maximum Gasteiger partial charge on any atom is 0.224 e. The van der Waals surface area contributed by atoms with E-state index in [1.54, 1.807) is 0 Å². The van der Waals surface area contributed by atoms with Gasteiger partial charge in [0.15, 0.2) is 0 Å². The first kappa shape index (κ1) is 12.6. The number of benzene rings is 1. The van der Waals surface area contributed by atoms with Gasteiger partial charge in [0, 0.05) is 18.2 Å². The molecule has 2 heterocycles. The largest absolute Gasteiger partial charge is 0.384 e. The molecular weight excluding hydrogens is 240 g/mol. The third-order valence-electron chi connectivity index (χ3n) is 4.32. The van der Waals surface area contributed by atoms with Crippen molar-refractivity contribution in [2.75, 3.05) is 11.9 Å². The Kier molecular flexibility index (Phi) is 3.07. The van der Waals surface area contributed by atoms with Crippen molar-refractivity contribution in [3.63, 3.8) is 0 Å². The van der Waals surface area contributed by atoms with Gasteiger partial charge in [0.25, 0.3) is 0 Å². The van der Waals surface area contributed by atoms with Gasteiger partial charge in [-0.05, 0) is 49.9 Å². The summed E-state index contributed by atoms with van der Waals surface area (Å²) in [6, 6.07) is 5.98. The molecule has 4 nitrogen and oxygen atoms in total. The molecule has 0 aliphatic carbocycles. The van der Waals surface area contributed by atoms with Crippen LogP contribution in [-0.4, -0.2) is 23.6 Å². The van der Waals surface area contributed by atoms with E-state index in [2.05, 4.69) is 10.6 Å². The molecular formula is C15H20N2O2. The zero-order valence-corrected chi connectivity index (χ0v) is 11.2. The molecule has 1 amide bonds. The van der Waals surface area contributed by atoms with Crippen molar-refractivity contribution in [1.29, 1.82) is 0 Å². The molecule has 0 spiro atoms. The topological polar surface area (TPSA) is 61.4 Å². The van der Waals surface area contributed by atoms with Crippen molar-refractivity contribution < 1.29 is 9.90 Å². The van der Waals surface area contributed by atoms with Crippen molar-refractivity contribution in [2.24, 2.45) is 0 Å². The quantitative estimate of drug-likeness (QED) is 0.755. The second-order valence-corrected chi connectivity index (χ2v) is 5.72. The Labute approximate surface area is 113 Å². The highest BCUT2D eigenvalue weighted by Crippen LogP contribution is 2.33. The van der Waals surface area contributed by atoms with Gasteiger partial charge < -0.3 is 15.7 Å². The predicted molar refractivity (Wildman–Crippen MR) is 74.0 cm³/mol. The maximum absolute atomic E-state index is 11.3. The number of carbonyl (C=O) groups excluding carboxylic acids is 1. The summed E-state index contributed by atoms with van der Waals surface area (Å²) in [5, 5.41) is 17.0. The van der Waals surface area contributed by atoms with Crippen LogP contribution < -0.4 is 10.6 Å². The molecule has 1 aromatic carbocycles. The Morgan fingerprint density at radius 1 is 1.37 bits per heavy atom. The molecule has 2 atom stereocenters. The van der Waals surface area contributed by atoms with Gasteiger partial charge in [-0.2, -0.15) is 0 Å².